The molecule has 0 bridgehead atoms. The Morgan fingerprint density at radius 3 is 2.57 bits per heavy atom. The minimum atomic E-state index is -0.500. The lowest BCUT2D eigenvalue weighted by atomic mass is 9.91. The lowest BCUT2D eigenvalue weighted by molar-refractivity contribution is -0.127. The molecule has 6 heteroatoms. The molecule has 0 unspecified atom stereocenters. The van der Waals surface area contributed by atoms with Gasteiger partial charge < -0.3 is 5.32 Å². The molecule has 21 heavy (non-hydrogen) atoms. The van der Waals surface area contributed by atoms with E-state index < -0.39 is 5.91 Å². The highest BCUT2D eigenvalue weighted by atomic mass is 16.5. The van der Waals surface area contributed by atoms with Crippen molar-refractivity contribution in [2.75, 3.05) is 11.9 Å². The van der Waals surface area contributed by atoms with Crippen molar-refractivity contribution in [2.45, 2.75) is 40.0 Å². The summed E-state index contributed by atoms with van der Waals surface area (Å²) in [5.74, 6) is 0.166. The Balaban J connectivity index is 2.59. The van der Waals surface area contributed by atoms with Gasteiger partial charge in [0, 0.05) is 11.1 Å². The monoisotopic (exact) mass is 290 g/mol. The summed E-state index contributed by atoms with van der Waals surface area (Å²) in [6, 6.07) is 4.12. The zero-order valence-corrected chi connectivity index (χ0v) is 13.1. The number of hydroxylamine groups is 1. The van der Waals surface area contributed by atoms with Crippen LogP contribution in [-0.4, -0.2) is 27.0 Å². The van der Waals surface area contributed by atoms with Crippen LogP contribution in [0.4, 0.5) is 5.82 Å². The number of pyridine rings is 1. The lowest BCUT2D eigenvalue weighted by Gasteiger charge is -2.21. The van der Waals surface area contributed by atoms with Crippen LogP contribution in [0.2, 0.25) is 0 Å². The molecule has 0 aromatic carbocycles. The van der Waals surface area contributed by atoms with Gasteiger partial charge in [0.25, 0.3) is 5.91 Å². The van der Waals surface area contributed by atoms with Crippen molar-refractivity contribution in [3.63, 3.8) is 0 Å². The average molecular weight is 290 g/mol. The van der Waals surface area contributed by atoms with Gasteiger partial charge in [-0.05, 0) is 31.5 Å². The zero-order valence-electron chi connectivity index (χ0n) is 13.1. The van der Waals surface area contributed by atoms with E-state index in [1.165, 1.54) is 0 Å². The molecule has 3 N–H and O–H groups in total. The van der Waals surface area contributed by atoms with Gasteiger partial charge in [-0.3, -0.25) is 14.4 Å². The molecule has 2 aromatic heterocycles. The summed E-state index contributed by atoms with van der Waals surface area (Å²) in [5, 5.41) is 11.6. The molecule has 0 aliphatic rings. The maximum atomic E-state index is 11.2. The molecule has 6 nitrogen and oxygen atoms in total. The molecule has 0 aliphatic heterocycles. The summed E-state index contributed by atoms with van der Waals surface area (Å²) in [6.45, 7) is 10.4. The van der Waals surface area contributed by atoms with Crippen LogP contribution in [0, 0.1) is 13.8 Å². The van der Waals surface area contributed by atoms with Gasteiger partial charge in [-0.1, -0.05) is 20.8 Å². The third-order valence-corrected chi connectivity index (χ3v) is 3.30. The first kappa shape index (κ1) is 15.3. The van der Waals surface area contributed by atoms with E-state index in [9.17, 15) is 4.79 Å². The Morgan fingerprint density at radius 1 is 1.33 bits per heavy atom. The van der Waals surface area contributed by atoms with E-state index in [2.05, 4.69) is 41.5 Å². The molecule has 2 heterocycles. The van der Waals surface area contributed by atoms with Crippen molar-refractivity contribution in [1.29, 1.82) is 0 Å². The Bertz CT molecular complexity index is 683. The van der Waals surface area contributed by atoms with E-state index in [4.69, 9.17) is 5.21 Å². The first-order valence-electron chi connectivity index (χ1n) is 6.91. The molecule has 0 fully saturated rings. The molecular formula is C15H22N4O2. The van der Waals surface area contributed by atoms with Gasteiger partial charge in [0.05, 0.1) is 12.2 Å². The molecule has 0 spiro atoms. The maximum Gasteiger partial charge on any atom is 0.262 e. The Kier molecular flexibility index (Phi) is 3.91. The smallest absolute Gasteiger partial charge is 0.262 e. The summed E-state index contributed by atoms with van der Waals surface area (Å²) in [4.78, 5) is 15.8. The molecule has 0 radical (unpaired) electrons. The first-order chi connectivity index (χ1) is 9.74. The fraction of sp³-hybridized carbons (Fsp3) is 0.467. The van der Waals surface area contributed by atoms with Crippen LogP contribution in [0.25, 0.3) is 5.65 Å². The van der Waals surface area contributed by atoms with Crippen LogP contribution in [-0.2, 0) is 10.2 Å². The SMILES string of the molecule is Cc1cc(C)n2c(C(C)(C)C)c(NCC(=O)NO)nc2c1. The topological polar surface area (TPSA) is 78.7 Å². The van der Waals surface area contributed by atoms with E-state index in [1.807, 2.05) is 19.9 Å². The number of carbonyl (C=O) groups excluding carboxylic acids is 1. The minimum absolute atomic E-state index is 0.0263. The van der Waals surface area contributed by atoms with Crippen molar-refractivity contribution in [3.8, 4) is 0 Å². The quantitative estimate of drug-likeness (QED) is 0.598. The number of hydrogen-bond acceptors (Lipinski definition) is 4. The van der Waals surface area contributed by atoms with Crippen molar-refractivity contribution in [1.82, 2.24) is 14.9 Å². The number of hydrogen-bond donors (Lipinski definition) is 3. The fourth-order valence-electron chi connectivity index (χ4n) is 2.55. The molecule has 0 atom stereocenters. The molecule has 2 rings (SSSR count). The van der Waals surface area contributed by atoms with Crippen LogP contribution in [0.15, 0.2) is 12.1 Å². The second-order valence-electron chi connectivity index (χ2n) is 6.32. The third-order valence-electron chi connectivity index (χ3n) is 3.30. The number of aromatic nitrogens is 2. The van der Waals surface area contributed by atoms with Gasteiger partial charge in [0.2, 0.25) is 0 Å². The number of carbonyl (C=O) groups is 1. The van der Waals surface area contributed by atoms with E-state index >= 15 is 0 Å². The standard InChI is InChI=1S/C15H22N4O2/c1-9-6-10(2)19-11(7-9)17-14(13(19)15(3,4)5)16-8-12(20)18-21/h6-7,16,21H,8H2,1-5H3,(H,18,20). The van der Waals surface area contributed by atoms with Crippen LogP contribution in [0.1, 0.15) is 37.7 Å². The van der Waals surface area contributed by atoms with Gasteiger partial charge >= 0.3 is 0 Å². The summed E-state index contributed by atoms with van der Waals surface area (Å²) in [7, 11) is 0. The zero-order chi connectivity index (χ0) is 15.8. The van der Waals surface area contributed by atoms with Crippen LogP contribution in [0.3, 0.4) is 0 Å². The number of rotatable bonds is 3. The summed E-state index contributed by atoms with van der Waals surface area (Å²) in [6.07, 6.45) is 0. The number of fused-ring (bicyclic) bond motifs is 1. The van der Waals surface area contributed by atoms with Gasteiger partial charge in [-0.25, -0.2) is 10.5 Å². The number of nitrogens with zero attached hydrogens (tertiary/aromatic N) is 2. The maximum absolute atomic E-state index is 11.2. The summed E-state index contributed by atoms with van der Waals surface area (Å²) < 4.78 is 2.10. The second kappa shape index (κ2) is 5.37. The van der Waals surface area contributed by atoms with E-state index in [0.29, 0.717) is 5.82 Å². The van der Waals surface area contributed by atoms with E-state index in [0.717, 1.165) is 22.6 Å². The molecule has 0 aliphatic carbocycles. The van der Waals surface area contributed by atoms with Crippen LogP contribution < -0.4 is 10.8 Å². The second-order valence-corrected chi connectivity index (χ2v) is 6.32. The Morgan fingerprint density at radius 2 is 2.00 bits per heavy atom. The number of nitrogens with one attached hydrogen (secondary N) is 2. The van der Waals surface area contributed by atoms with E-state index in [-0.39, 0.29) is 12.0 Å². The highest BCUT2D eigenvalue weighted by Crippen LogP contribution is 2.31. The highest BCUT2D eigenvalue weighted by molar-refractivity contribution is 5.79. The van der Waals surface area contributed by atoms with Crippen molar-refractivity contribution < 1.29 is 10.0 Å². The van der Waals surface area contributed by atoms with Gasteiger partial charge in [0.1, 0.15) is 11.5 Å². The predicted molar refractivity (Wildman–Crippen MR) is 81.8 cm³/mol. The van der Waals surface area contributed by atoms with Crippen LogP contribution in [0.5, 0.6) is 0 Å². The Hall–Kier alpha value is -2.08. The molecule has 114 valence electrons. The molecular weight excluding hydrogens is 268 g/mol. The normalized spacial score (nSPS) is 11.7. The number of anilines is 1. The van der Waals surface area contributed by atoms with Crippen LogP contribution >= 0.6 is 0 Å². The molecule has 0 saturated carbocycles. The van der Waals surface area contributed by atoms with Crippen molar-refractivity contribution in [2.24, 2.45) is 0 Å². The van der Waals surface area contributed by atoms with Gasteiger partial charge in [0.15, 0.2) is 0 Å². The number of imidazole rings is 1. The summed E-state index contributed by atoms with van der Waals surface area (Å²) >= 11 is 0. The number of amides is 1. The predicted octanol–water partition coefficient (Wildman–Crippen LogP) is 2.17. The van der Waals surface area contributed by atoms with E-state index in [1.54, 1.807) is 5.48 Å². The summed E-state index contributed by atoms with van der Waals surface area (Å²) in [5.41, 5.74) is 5.58. The highest BCUT2D eigenvalue weighted by Gasteiger charge is 2.25. The first-order valence-corrected chi connectivity index (χ1v) is 6.91. The minimum Gasteiger partial charge on any atom is -0.359 e. The van der Waals surface area contributed by atoms with Gasteiger partial charge in [-0.2, -0.15) is 0 Å². The van der Waals surface area contributed by atoms with Crippen molar-refractivity contribution in [3.05, 3.63) is 29.1 Å². The Labute approximate surface area is 124 Å². The molecule has 0 saturated heterocycles. The largest absolute Gasteiger partial charge is 0.359 e. The third kappa shape index (κ3) is 3.00. The van der Waals surface area contributed by atoms with Gasteiger partial charge in [-0.15, -0.1) is 0 Å². The number of aryl methyl sites for hydroxylation is 2. The molecule has 2 aromatic rings. The average Bonchev–Trinajstić information content (AvgIpc) is 2.74. The lowest BCUT2D eigenvalue weighted by Crippen LogP contribution is -2.28. The van der Waals surface area contributed by atoms with Crippen molar-refractivity contribution >= 4 is 17.4 Å². The fourth-order valence-corrected chi connectivity index (χ4v) is 2.55. The molecule has 1 amide bonds.